The maximum atomic E-state index is 4.49. The van der Waals surface area contributed by atoms with Gasteiger partial charge < -0.3 is 4.98 Å². The standard InChI is InChI=1S/C20H23N3/c1-2-3-4-5-20-22-15-19(23-20)14-16-6-8-17(9-7-16)18-10-12-21-13-11-18/h6-13,15H,2-5,14H2,1H3,(H,22,23). The molecule has 0 aliphatic carbocycles. The van der Waals surface area contributed by atoms with Crippen molar-refractivity contribution in [2.45, 2.75) is 39.0 Å². The molecular weight excluding hydrogens is 282 g/mol. The van der Waals surface area contributed by atoms with Gasteiger partial charge in [-0.3, -0.25) is 4.98 Å². The first kappa shape index (κ1) is 15.5. The molecule has 0 unspecified atom stereocenters. The molecule has 0 saturated carbocycles. The molecule has 2 heterocycles. The summed E-state index contributed by atoms with van der Waals surface area (Å²) >= 11 is 0. The summed E-state index contributed by atoms with van der Waals surface area (Å²) in [7, 11) is 0. The lowest BCUT2D eigenvalue weighted by atomic mass is 10.0. The van der Waals surface area contributed by atoms with Gasteiger partial charge in [0.25, 0.3) is 0 Å². The summed E-state index contributed by atoms with van der Waals surface area (Å²) in [6.45, 7) is 2.23. The molecule has 1 aromatic carbocycles. The molecule has 0 atom stereocenters. The Hall–Kier alpha value is -2.42. The summed E-state index contributed by atoms with van der Waals surface area (Å²) in [4.78, 5) is 12.0. The van der Waals surface area contributed by atoms with Crippen LogP contribution in [0.3, 0.4) is 0 Å². The zero-order chi connectivity index (χ0) is 15.9. The van der Waals surface area contributed by atoms with Crippen LogP contribution in [-0.2, 0) is 12.8 Å². The summed E-state index contributed by atoms with van der Waals surface area (Å²) in [6, 6.07) is 12.8. The molecule has 3 aromatic rings. The van der Waals surface area contributed by atoms with Crippen molar-refractivity contribution >= 4 is 0 Å². The fraction of sp³-hybridized carbons (Fsp3) is 0.300. The average molecular weight is 305 g/mol. The molecule has 3 nitrogen and oxygen atoms in total. The summed E-state index contributed by atoms with van der Waals surface area (Å²) in [6.07, 6.45) is 11.3. The highest BCUT2D eigenvalue weighted by Gasteiger charge is 2.03. The van der Waals surface area contributed by atoms with Crippen LogP contribution in [0.1, 0.15) is 43.3 Å². The number of hydrogen-bond acceptors (Lipinski definition) is 2. The van der Waals surface area contributed by atoms with E-state index in [0.29, 0.717) is 0 Å². The van der Waals surface area contributed by atoms with E-state index in [1.54, 1.807) is 0 Å². The third kappa shape index (κ3) is 4.28. The minimum Gasteiger partial charge on any atom is -0.346 e. The first-order valence-corrected chi connectivity index (χ1v) is 8.37. The number of nitrogens with zero attached hydrogens (tertiary/aromatic N) is 2. The van der Waals surface area contributed by atoms with E-state index in [9.17, 15) is 0 Å². The van der Waals surface area contributed by atoms with Crippen LogP contribution >= 0.6 is 0 Å². The second-order valence-electron chi connectivity index (χ2n) is 5.92. The van der Waals surface area contributed by atoms with Gasteiger partial charge in [-0.05, 0) is 35.2 Å². The Balaban J connectivity index is 1.62. The molecule has 118 valence electrons. The first-order chi connectivity index (χ1) is 11.3. The molecule has 1 N–H and O–H groups in total. The lowest BCUT2D eigenvalue weighted by Gasteiger charge is -2.03. The predicted octanol–water partition coefficient (Wildman–Crippen LogP) is 4.80. The van der Waals surface area contributed by atoms with E-state index in [2.05, 4.69) is 46.1 Å². The van der Waals surface area contributed by atoms with Crippen LogP contribution in [0.25, 0.3) is 11.1 Å². The van der Waals surface area contributed by atoms with Crippen LogP contribution in [0.5, 0.6) is 0 Å². The summed E-state index contributed by atoms with van der Waals surface area (Å²) < 4.78 is 0. The van der Waals surface area contributed by atoms with E-state index in [4.69, 9.17) is 0 Å². The van der Waals surface area contributed by atoms with Gasteiger partial charge in [0.15, 0.2) is 0 Å². The lowest BCUT2D eigenvalue weighted by molar-refractivity contribution is 0.698. The quantitative estimate of drug-likeness (QED) is 0.637. The van der Waals surface area contributed by atoms with Crippen molar-refractivity contribution in [2.24, 2.45) is 0 Å². The van der Waals surface area contributed by atoms with Gasteiger partial charge in [0.05, 0.1) is 0 Å². The number of imidazole rings is 1. The summed E-state index contributed by atoms with van der Waals surface area (Å²) in [5.41, 5.74) is 4.91. The molecule has 0 saturated heterocycles. The molecule has 3 heteroatoms. The van der Waals surface area contributed by atoms with Crippen molar-refractivity contribution in [3.8, 4) is 11.1 Å². The van der Waals surface area contributed by atoms with Crippen LogP contribution in [0, 0.1) is 0 Å². The fourth-order valence-corrected chi connectivity index (χ4v) is 2.74. The number of aromatic nitrogens is 3. The van der Waals surface area contributed by atoms with Gasteiger partial charge in [-0.2, -0.15) is 0 Å². The number of aromatic amines is 1. The highest BCUT2D eigenvalue weighted by molar-refractivity contribution is 5.62. The van der Waals surface area contributed by atoms with Crippen molar-refractivity contribution in [1.29, 1.82) is 0 Å². The number of hydrogen-bond donors (Lipinski definition) is 1. The number of H-pyrrole nitrogens is 1. The highest BCUT2D eigenvalue weighted by Crippen LogP contribution is 2.19. The van der Waals surface area contributed by atoms with Crippen molar-refractivity contribution in [2.75, 3.05) is 0 Å². The zero-order valence-corrected chi connectivity index (χ0v) is 13.6. The maximum Gasteiger partial charge on any atom is 0.106 e. The van der Waals surface area contributed by atoms with Crippen LogP contribution in [0.15, 0.2) is 55.0 Å². The smallest absolute Gasteiger partial charge is 0.106 e. The van der Waals surface area contributed by atoms with Gasteiger partial charge in [0.1, 0.15) is 5.82 Å². The molecule has 0 bridgehead atoms. The predicted molar refractivity (Wildman–Crippen MR) is 94.3 cm³/mol. The van der Waals surface area contributed by atoms with E-state index < -0.39 is 0 Å². The second-order valence-corrected chi connectivity index (χ2v) is 5.92. The molecular formula is C20H23N3. The van der Waals surface area contributed by atoms with Gasteiger partial charge in [-0.15, -0.1) is 0 Å². The monoisotopic (exact) mass is 305 g/mol. The molecule has 0 radical (unpaired) electrons. The lowest BCUT2D eigenvalue weighted by Crippen LogP contribution is -1.91. The molecule has 3 rings (SSSR count). The number of pyridine rings is 1. The van der Waals surface area contributed by atoms with Gasteiger partial charge >= 0.3 is 0 Å². The number of unbranched alkanes of at least 4 members (excludes halogenated alkanes) is 2. The third-order valence-electron chi connectivity index (χ3n) is 4.06. The van der Waals surface area contributed by atoms with Gasteiger partial charge in [-0.25, -0.2) is 4.98 Å². The normalized spacial score (nSPS) is 10.8. The Morgan fingerprint density at radius 2 is 1.65 bits per heavy atom. The van der Waals surface area contributed by atoms with Crippen LogP contribution in [0.2, 0.25) is 0 Å². The van der Waals surface area contributed by atoms with Crippen molar-refractivity contribution in [3.63, 3.8) is 0 Å². The van der Waals surface area contributed by atoms with Crippen molar-refractivity contribution < 1.29 is 0 Å². The highest BCUT2D eigenvalue weighted by atomic mass is 14.9. The van der Waals surface area contributed by atoms with E-state index in [1.165, 1.54) is 41.6 Å². The van der Waals surface area contributed by atoms with Gasteiger partial charge in [-0.1, -0.05) is 44.0 Å². The molecule has 0 spiro atoms. The van der Waals surface area contributed by atoms with Gasteiger partial charge in [0, 0.05) is 37.1 Å². The number of nitrogens with one attached hydrogen (secondary N) is 1. The van der Waals surface area contributed by atoms with E-state index in [0.717, 1.165) is 18.7 Å². The molecule has 0 aliphatic rings. The fourth-order valence-electron chi connectivity index (χ4n) is 2.74. The molecule has 0 aliphatic heterocycles. The minimum atomic E-state index is 0.900. The van der Waals surface area contributed by atoms with E-state index >= 15 is 0 Å². The molecule has 0 fully saturated rings. The van der Waals surface area contributed by atoms with Crippen molar-refractivity contribution in [1.82, 2.24) is 15.0 Å². The Morgan fingerprint density at radius 1 is 0.913 bits per heavy atom. The number of benzene rings is 1. The Bertz CT molecular complexity index is 714. The molecule has 0 amide bonds. The topological polar surface area (TPSA) is 41.6 Å². The Labute approximate surface area is 137 Å². The molecule has 23 heavy (non-hydrogen) atoms. The first-order valence-electron chi connectivity index (χ1n) is 8.37. The summed E-state index contributed by atoms with van der Waals surface area (Å²) in [5.74, 6) is 1.11. The minimum absolute atomic E-state index is 0.900. The Kier molecular flexibility index (Phi) is 5.20. The van der Waals surface area contributed by atoms with E-state index in [1.807, 2.05) is 30.7 Å². The second kappa shape index (κ2) is 7.73. The van der Waals surface area contributed by atoms with Crippen LogP contribution < -0.4 is 0 Å². The SMILES string of the molecule is CCCCCc1ncc(Cc2ccc(-c3ccncc3)cc2)[nH]1. The van der Waals surface area contributed by atoms with Crippen LogP contribution in [0.4, 0.5) is 0 Å². The zero-order valence-electron chi connectivity index (χ0n) is 13.6. The van der Waals surface area contributed by atoms with E-state index in [-0.39, 0.29) is 0 Å². The average Bonchev–Trinajstić information content (AvgIpc) is 3.04. The van der Waals surface area contributed by atoms with Crippen molar-refractivity contribution in [3.05, 3.63) is 72.1 Å². The van der Waals surface area contributed by atoms with Gasteiger partial charge in [0.2, 0.25) is 0 Å². The number of aryl methyl sites for hydroxylation is 1. The third-order valence-corrected chi connectivity index (χ3v) is 4.06. The Morgan fingerprint density at radius 3 is 2.39 bits per heavy atom. The molecule has 2 aromatic heterocycles. The largest absolute Gasteiger partial charge is 0.346 e. The summed E-state index contributed by atoms with van der Waals surface area (Å²) in [5, 5.41) is 0. The maximum absolute atomic E-state index is 4.49. The van der Waals surface area contributed by atoms with Crippen LogP contribution in [-0.4, -0.2) is 15.0 Å². The number of rotatable bonds is 7.